The summed E-state index contributed by atoms with van der Waals surface area (Å²) in [5, 5.41) is 21.1. The monoisotopic (exact) mass is 384 g/mol. The highest BCUT2D eigenvalue weighted by Gasteiger charge is 2.12. The minimum atomic E-state index is -1.02. The highest BCUT2D eigenvalue weighted by Crippen LogP contribution is 2.26. The Morgan fingerprint density at radius 2 is 1.96 bits per heavy atom. The first-order chi connectivity index (χ1) is 13.5. The molecule has 3 rings (SSSR count). The molecule has 0 aliphatic carbocycles. The van der Waals surface area contributed by atoms with Crippen molar-refractivity contribution in [1.29, 1.82) is 0 Å². The van der Waals surface area contributed by atoms with E-state index < -0.39 is 11.8 Å². The van der Waals surface area contributed by atoms with Gasteiger partial charge in [-0.25, -0.2) is 9.37 Å². The summed E-state index contributed by atoms with van der Waals surface area (Å²) in [6.07, 6.45) is 3.96. The Bertz CT molecular complexity index is 1020. The van der Waals surface area contributed by atoms with E-state index in [1.54, 1.807) is 24.3 Å². The van der Waals surface area contributed by atoms with Crippen molar-refractivity contribution in [3.63, 3.8) is 0 Å². The molecule has 0 atom stereocenters. The van der Waals surface area contributed by atoms with Crippen LogP contribution in [0.3, 0.4) is 0 Å². The zero-order valence-electron chi connectivity index (χ0n) is 14.8. The maximum Gasteiger partial charge on any atom is 0.325 e. The fourth-order valence-electron chi connectivity index (χ4n) is 2.47. The van der Waals surface area contributed by atoms with Gasteiger partial charge in [-0.2, -0.15) is 5.10 Å². The van der Waals surface area contributed by atoms with Gasteiger partial charge >= 0.3 is 5.97 Å². The number of nitrogens with one attached hydrogen (secondary N) is 3. The lowest BCUT2D eigenvalue weighted by molar-refractivity contribution is -0.137. The summed E-state index contributed by atoms with van der Waals surface area (Å²) >= 11 is 0. The number of carbonyl (C=O) groups excluding carboxylic acids is 1. The van der Waals surface area contributed by atoms with Gasteiger partial charge in [0.15, 0.2) is 5.82 Å². The second kappa shape index (κ2) is 8.16. The predicted octanol–water partition coefficient (Wildman–Crippen LogP) is 2.35. The van der Waals surface area contributed by atoms with Crippen molar-refractivity contribution < 1.29 is 19.1 Å². The van der Waals surface area contributed by atoms with E-state index >= 15 is 0 Å². The second-order valence-corrected chi connectivity index (χ2v) is 5.74. The summed E-state index contributed by atoms with van der Waals surface area (Å²) < 4.78 is 15.5. The molecule has 0 radical (unpaired) electrons. The van der Waals surface area contributed by atoms with Crippen LogP contribution in [0.5, 0.6) is 0 Å². The first kappa shape index (κ1) is 18.8. The van der Waals surface area contributed by atoms with Gasteiger partial charge in [-0.15, -0.1) is 0 Å². The Hall–Kier alpha value is -3.95. The summed E-state index contributed by atoms with van der Waals surface area (Å²) in [5.74, 6) is -1.60. The first-order valence-corrected chi connectivity index (χ1v) is 8.21. The van der Waals surface area contributed by atoms with Gasteiger partial charge in [0.05, 0.1) is 35.0 Å². The van der Waals surface area contributed by atoms with Gasteiger partial charge in [0, 0.05) is 19.3 Å². The molecule has 0 unspecified atom stereocenters. The molecular formula is C18H17FN6O3. The molecule has 2 heterocycles. The number of para-hydroxylation sites is 1. The van der Waals surface area contributed by atoms with E-state index in [-0.39, 0.29) is 18.1 Å². The molecular weight excluding hydrogens is 367 g/mol. The highest BCUT2D eigenvalue weighted by molar-refractivity contribution is 6.00. The highest BCUT2D eigenvalue weighted by atomic mass is 19.1. The summed E-state index contributed by atoms with van der Waals surface area (Å²) in [7, 11) is 1.51. The quantitative estimate of drug-likeness (QED) is 0.493. The maximum atomic E-state index is 14.2. The van der Waals surface area contributed by atoms with Crippen molar-refractivity contribution in [1.82, 2.24) is 20.1 Å². The van der Waals surface area contributed by atoms with Crippen molar-refractivity contribution in [3.05, 3.63) is 60.3 Å². The topological polar surface area (TPSA) is 121 Å². The van der Waals surface area contributed by atoms with Gasteiger partial charge in [-0.3, -0.25) is 14.3 Å². The molecule has 0 saturated carbocycles. The van der Waals surface area contributed by atoms with Crippen molar-refractivity contribution in [2.45, 2.75) is 6.54 Å². The first-order valence-electron chi connectivity index (χ1n) is 8.21. The molecule has 0 saturated heterocycles. The number of carboxylic acids is 1. The number of rotatable bonds is 7. The summed E-state index contributed by atoms with van der Waals surface area (Å²) in [5.41, 5.74) is 1.42. The largest absolute Gasteiger partial charge is 0.480 e. The lowest BCUT2D eigenvalue weighted by Crippen LogP contribution is -2.19. The number of carboxylic acid groups (broad SMARTS) is 1. The molecule has 0 fully saturated rings. The number of anilines is 4. The molecule has 28 heavy (non-hydrogen) atoms. The van der Waals surface area contributed by atoms with Crippen LogP contribution < -0.4 is 16.0 Å². The number of amides is 1. The van der Waals surface area contributed by atoms with Crippen molar-refractivity contribution in [3.8, 4) is 0 Å². The van der Waals surface area contributed by atoms with E-state index in [0.717, 1.165) is 6.20 Å². The number of carbonyl (C=O) groups is 2. The molecule has 0 bridgehead atoms. The summed E-state index contributed by atoms with van der Waals surface area (Å²) in [6.45, 7) is -0.276. The van der Waals surface area contributed by atoms with Crippen molar-refractivity contribution in [2.24, 2.45) is 0 Å². The van der Waals surface area contributed by atoms with E-state index in [9.17, 15) is 14.0 Å². The number of halogens is 1. The van der Waals surface area contributed by atoms with E-state index in [2.05, 4.69) is 26.0 Å². The fraction of sp³-hybridized carbons (Fsp3) is 0.111. The molecule has 0 aliphatic rings. The Morgan fingerprint density at radius 1 is 1.18 bits per heavy atom. The van der Waals surface area contributed by atoms with Gasteiger partial charge in [0.25, 0.3) is 5.91 Å². The fourth-order valence-corrected chi connectivity index (χ4v) is 2.47. The number of benzene rings is 1. The van der Waals surface area contributed by atoms with Crippen LogP contribution in [0, 0.1) is 5.82 Å². The number of nitrogens with zero attached hydrogens (tertiary/aromatic N) is 3. The van der Waals surface area contributed by atoms with Crippen LogP contribution in [-0.4, -0.2) is 38.8 Å². The molecule has 144 valence electrons. The normalized spacial score (nSPS) is 10.4. The van der Waals surface area contributed by atoms with Crippen molar-refractivity contribution in [2.75, 3.05) is 17.7 Å². The molecule has 10 heteroatoms. The van der Waals surface area contributed by atoms with Crippen LogP contribution in [0.25, 0.3) is 0 Å². The van der Waals surface area contributed by atoms with Crippen LogP contribution in [0.4, 0.5) is 27.3 Å². The van der Waals surface area contributed by atoms with Crippen molar-refractivity contribution >= 4 is 34.8 Å². The summed E-state index contributed by atoms with van der Waals surface area (Å²) in [6, 6.07) is 8.15. The number of hydrogen-bond donors (Lipinski definition) is 4. The molecule has 3 aromatic rings. The van der Waals surface area contributed by atoms with Crippen LogP contribution in [-0.2, 0) is 11.3 Å². The van der Waals surface area contributed by atoms with E-state index in [1.807, 2.05) is 0 Å². The van der Waals surface area contributed by atoms with Gasteiger partial charge < -0.3 is 21.1 Å². The van der Waals surface area contributed by atoms with Gasteiger partial charge in [-0.1, -0.05) is 12.1 Å². The van der Waals surface area contributed by atoms with Crippen LogP contribution in [0.15, 0.2) is 48.9 Å². The third-order valence-corrected chi connectivity index (χ3v) is 3.73. The number of hydrogen-bond acceptors (Lipinski definition) is 6. The molecule has 1 aromatic carbocycles. The summed E-state index contributed by atoms with van der Waals surface area (Å²) in [4.78, 5) is 26.7. The minimum Gasteiger partial charge on any atom is -0.480 e. The van der Waals surface area contributed by atoms with Crippen LogP contribution in [0.2, 0.25) is 0 Å². The lowest BCUT2D eigenvalue weighted by Gasteiger charge is -2.13. The van der Waals surface area contributed by atoms with Crippen LogP contribution in [0.1, 0.15) is 10.4 Å². The Labute approximate surface area is 159 Å². The zero-order chi connectivity index (χ0) is 20.1. The number of aromatic nitrogens is 3. The average molecular weight is 384 g/mol. The zero-order valence-corrected chi connectivity index (χ0v) is 14.8. The molecule has 0 aliphatic heterocycles. The molecule has 9 nitrogen and oxygen atoms in total. The SMILES string of the molecule is CNC(=O)c1ccccc1Nc1cc(Nc2cnn(CC(=O)O)c2)ncc1F. The molecule has 0 spiro atoms. The third-order valence-electron chi connectivity index (χ3n) is 3.73. The van der Waals surface area contributed by atoms with Crippen LogP contribution >= 0.6 is 0 Å². The second-order valence-electron chi connectivity index (χ2n) is 5.74. The van der Waals surface area contributed by atoms with E-state index in [4.69, 9.17) is 5.11 Å². The smallest absolute Gasteiger partial charge is 0.325 e. The number of aliphatic carboxylic acids is 1. The minimum absolute atomic E-state index is 0.117. The Morgan fingerprint density at radius 3 is 2.71 bits per heavy atom. The molecule has 4 N–H and O–H groups in total. The standard InChI is InChI=1S/C18H17FN6O3/c1-20-18(28)12-4-2-3-5-14(12)24-15-6-16(21-8-13(15)19)23-11-7-22-25(9-11)10-17(26)27/h2-9H,10H2,1H3,(H,20,28)(H,26,27)(H2,21,23,24). The molecule has 1 amide bonds. The van der Waals surface area contributed by atoms with E-state index in [1.165, 1.54) is 30.2 Å². The van der Waals surface area contributed by atoms with Gasteiger partial charge in [0.1, 0.15) is 12.4 Å². The average Bonchev–Trinajstić information content (AvgIpc) is 3.10. The van der Waals surface area contributed by atoms with E-state index in [0.29, 0.717) is 22.8 Å². The molecule has 2 aromatic heterocycles. The lowest BCUT2D eigenvalue weighted by atomic mass is 10.1. The third kappa shape index (κ3) is 4.41. The maximum absolute atomic E-state index is 14.2. The predicted molar refractivity (Wildman–Crippen MR) is 100 cm³/mol. The van der Waals surface area contributed by atoms with Gasteiger partial charge in [0.2, 0.25) is 0 Å². The Kier molecular flexibility index (Phi) is 5.49. The number of pyridine rings is 1. The Balaban J connectivity index is 1.82. The van der Waals surface area contributed by atoms with Gasteiger partial charge in [-0.05, 0) is 12.1 Å².